The summed E-state index contributed by atoms with van der Waals surface area (Å²) in [6.45, 7) is 7.58. The van der Waals surface area contributed by atoms with Gasteiger partial charge in [-0.25, -0.2) is 0 Å². The number of rotatable bonds is 4. The quantitative estimate of drug-likeness (QED) is 0.649. The molecule has 5 saturated carbocycles. The second kappa shape index (κ2) is 5.49. The Morgan fingerprint density at radius 1 is 0.960 bits per heavy atom. The van der Waals surface area contributed by atoms with E-state index in [1.54, 1.807) is 32.1 Å². The van der Waals surface area contributed by atoms with Crippen LogP contribution in [0.2, 0.25) is 0 Å². The van der Waals surface area contributed by atoms with Crippen molar-refractivity contribution in [1.82, 2.24) is 0 Å². The molecule has 1 nitrogen and oxygen atoms in total. The lowest BCUT2D eigenvalue weighted by Crippen LogP contribution is -2.39. The molecule has 0 aromatic carbocycles. The van der Waals surface area contributed by atoms with Crippen molar-refractivity contribution in [1.29, 1.82) is 0 Å². The summed E-state index contributed by atoms with van der Waals surface area (Å²) < 4.78 is 0. The Bertz CT molecular complexity index is 542. The zero-order chi connectivity index (χ0) is 17.4. The van der Waals surface area contributed by atoms with Gasteiger partial charge in [0, 0.05) is 6.04 Å². The Balaban J connectivity index is 1.49. The molecular formula is C24H41N. The van der Waals surface area contributed by atoms with Crippen molar-refractivity contribution in [3.63, 3.8) is 0 Å². The first-order valence-electron chi connectivity index (χ1n) is 11.8. The van der Waals surface area contributed by atoms with Crippen LogP contribution in [-0.4, -0.2) is 6.04 Å². The largest absolute Gasteiger partial charge is 0.328 e. The third-order valence-electron chi connectivity index (χ3n) is 10.9. The molecular weight excluding hydrogens is 302 g/mol. The number of nitrogens with two attached hydrogens (primary N) is 1. The van der Waals surface area contributed by atoms with Gasteiger partial charge in [-0.15, -0.1) is 0 Å². The number of hydrogen-bond donors (Lipinski definition) is 1. The van der Waals surface area contributed by atoms with Crippen LogP contribution in [0, 0.1) is 45.8 Å². The van der Waals surface area contributed by atoms with Gasteiger partial charge in [-0.1, -0.05) is 40.0 Å². The predicted octanol–water partition coefficient (Wildman–Crippen LogP) is 6.16. The molecule has 5 rings (SSSR count). The van der Waals surface area contributed by atoms with Crippen molar-refractivity contribution in [2.75, 3.05) is 0 Å². The molecule has 5 unspecified atom stereocenters. The molecule has 0 aromatic heterocycles. The second-order valence-electron chi connectivity index (χ2n) is 11.2. The highest BCUT2D eigenvalue weighted by molar-refractivity contribution is 5.34. The zero-order valence-corrected chi connectivity index (χ0v) is 17.0. The second-order valence-corrected chi connectivity index (χ2v) is 11.2. The third kappa shape index (κ3) is 1.85. The average molecular weight is 344 g/mol. The van der Waals surface area contributed by atoms with E-state index in [1.807, 2.05) is 0 Å². The van der Waals surface area contributed by atoms with Gasteiger partial charge in [0.05, 0.1) is 0 Å². The maximum absolute atomic E-state index is 6.48. The monoisotopic (exact) mass is 343 g/mol. The molecule has 2 spiro atoms. The highest BCUT2D eigenvalue weighted by Crippen LogP contribution is 2.92. The van der Waals surface area contributed by atoms with Crippen molar-refractivity contribution in [3.05, 3.63) is 0 Å². The molecule has 2 N–H and O–H groups in total. The SMILES string of the molecule is CCCC[C@H]1CCC2C1(C)CC[C@@H]1C34CC[C@@H](N)CC3[C@@H](CC)CC214. The van der Waals surface area contributed by atoms with Crippen molar-refractivity contribution in [2.24, 2.45) is 51.6 Å². The van der Waals surface area contributed by atoms with Crippen molar-refractivity contribution in [2.45, 2.75) is 104 Å². The summed E-state index contributed by atoms with van der Waals surface area (Å²) in [7, 11) is 0. The van der Waals surface area contributed by atoms with E-state index < -0.39 is 0 Å². The van der Waals surface area contributed by atoms with Crippen LogP contribution in [-0.2, 0) is 0 Å². The summed E-state index contributed by atoms with van der Waals surface area (Å²) in [5.41, 5.74) is 8.69. The molecule has 9 atom stereocenters. The van der Waals surface area contributed by atoms with Crippen LogP contribution in [0.3, 0.4) is 0 Å². The summed E-state index contributed by atoms with van der Waals surface area (Å²) in [4.78, 5) is 0. The van der Waals surface area contributed by atoms with E-state index in [-0.39, 0.29) is 0 Å². The van der Waals surface area contributed by atoms with E-state index >= 15 is 0 Å². The van der Waals surface area contributed by atoms with Gasteiger partial charge in [-0.3, -0.25) is 0 Å². The number of hydrogen-bond acceptors (Lipinski definition) is 1. The lowest BCUT2D eigenvalue weighted by molar-refractivity contribution is 0.0274. The van der Waals surface area contributed by atoms with E-state index in [4.69, 9.17) is 5.73 Å². The Morgan fingerprint density at radius 2 is 1.80 bits per heavy atom. The van der Waals surface area contributed by atoms with E-state index in [0.29, 0.717) is 11.5 Å². The summed E-state index contributed by atoms with van der Waals surface area (Å²) in [5.74, 6) is 5.19. The summed E-state index contributed by atoms with van der Waals surface area (Å²) in [6, 6.07) is 0.509. The molecule has 142 valence electrons. The Kier molecular flexibility index (Phi) is 3.75. The lowest BCUT2D eigenvalue weighted by Gasteiger charge is -2.46. The molecule has 0 bridgehead atoms. The maximum atomic E-state index is 6.48. The van der Waals surface area contributed by atoms with Crippen LogP contribution < -0.4 is 5.73 Å². The molecule has 5 aliphatic rings. The average Bonchev–Trinajstić information content (AvgIpc) is 2.85. The minimum Gasteiger partial charge on any atom is -0.328 e. The highest BCUT2D eigenvalue weighted by atomic mass is 14.9. The maximum Gasteiger partial charge on any atom is 0.00419 e. The van der Waals surface area contributed by atoms with E-state index in [0.717, 1.165) is 40.4 Å². The number of unbranched alkanes of at least 4 members (excludes halogenated alkanes) is 1. The van der Waals surface area contributed by atoms with Gasteiger partial charge >= 0.3 is 0 Å². The minimum atomic E-state index is 0.509. The fourth-order valence-corrected chi connectivity index (χ4v) is 10.1. The minimum absolute atomic E-state index is 0.509. The standard InChI is InChI=1S/C24H41N/c1-4-6-7-17-8-9-20-22(17,3)12-11-21-23-13-10-18(25)14-19(23)16(5-2)15-24(20,21)23/h16-21H,4-15,25H2,1-3H3/t16-,17-,18+,19?,20?,21+,22?,23?,24?/m0/s1. The van der Waals surface area contributed by atoms with E-state index in [2.05, 4.69) is 20.8 Å². The van der Waals surface area contributed by atoms with Crippen molar-refractivity contribution < 1.29 is 0 Å². The van der Waals surface area contributed by atoms with Crippen LogP contribution in [0.25, 0.3) is 0 Å². The molecule has 0 heterocycles. The molecule has 0 aromatic rings. The molecule has 5 aliphatic carbocycles. The molecule has 25 heavy (non-hydrogen) atoms. The topological polar surface area (TPSA) is 26.0 Å². The first-order valence-corrected chi connectivity index (χ1v) is 11.8. The molecule has 0 aliphatic heterocycles. The highest BCUT2D eigenvalue weighted by Gasteiger charge is 2.87. The molecule has 0 saturated heterocycles. The summed E-state index contributed by atoms with van der Waals surface area (Å²) in [6.07, 6.45) is 17.8. The van der Waals surface area contributed by atoms with Gasteiger partial charge in [0.1, 0.15) is 0 Å². The third-order valence-corrected chi connectivity index (χ3v) is 10.9. The van der Waals surface area contributed by atoms with Crippen molar-refractivity contribution in [3.8, 4) is 0 Å². The summed E-state index contributed by atoms with van der Waals surface area (Å²) >= 11 is 0. The van der Waals surface area contributed by atoms with E-state index in [1.165, 1.54) is 44.9 Å². The molecule has 0 amide bonds. The Morgan fingerprint density at radius 3 is 2.56 bits per heavy atom. The zero-order valence-electron chi connectivity index (χ0n) is 17.0. The first kappa shape index (κ1) is 17.1. The van der Waals surface area contributed by atoms with Gasteiger partial charge < -0.3 is 5.73 Å². The summed E-state index contributed by atoms with van der Waals surface area (Å²) in [5, 5.41) is 0. The molecule has 1 heteroatoms. The Labute approximate surface area is 155 Å². The normalized spacial score (nSPS) is 59.0. The molecule has 0 radical (unpaired) electrons. The predicted molar refractivity (Wildman–Crippen MR) is 105 cm³/mol. The van der Waals surface area contributed by atoms with Crippen LogP contribution in [0.5, 0.6) is 0 Å². The van der Waals surface area contributed by atoms with Gasteiger partial charge in [0.15, 0.2) is 0 Å². The van der Waals surface area contributed by atoms with Gasteiger partial charge in [0.2, 0.25) is 0 Å². The van der Waals surface area contributed by atoms with Crippen LogP contribution >= 0.6 is 0 Å². The fourth-order valence-electron chi connectivity index (χ4n) is 10.1. The van der Waals surface area contributed by atoms with Crippen LogP contribution in [0.15, 0.2) is 0 Å². The van der Waals surface area contributed by atoms with Gasteiger partial charge in [-0.05, 0) is 104 Å². The van der Waals surface area contributed by atoms with Crippen molar-refractivity contribution >= 4 is 0 Å². The van der Waals surface area contributed by atoms with Crippen LogP contribution in [0.1, 0.15) is 97.8 Å². The van der Waals surface area contributed by atoms with Gasteiger partial charge in [0.25, 0.3) is 0 Å². The molecule has 5 fully saturated rings. The smallest absolute Gasteiger partial charge is 0.00419 e. The van der Waals surface area contributed by atoms with E-state index in [9.17, 15) is 0 Å². The first-order chi connectivity index (χ1) is 12.0. The fraction of sp³-hybridized carbons (Fsp3) is 1.00. The van der Waals surface area contributed by atoms with Gasteiger partial charge in [-0.2, -0.15) is 0 Å². The Hall–Kier alpha value is -0.0400. The lowest BCUT2D eigenvalue weighted by atomic mass is 9.59. The number of fused-ring (bicyclic) bond motifs is 1. The van der Waals surface area contributed by atoms with Crippen LogP contribution in [0.4, 0.5) is 0 Å².